The number of esters is 1. The first-order valence-corrected chi connectivity index (χ1v) is 28.8. The zero-order valence-electron chi connectivity index (χ0n) is 44.1. The minimum absolute atomic E-state index is 0.00868. The van der Waals surface area contributed by atoms with E-state index in [0.29, 0.717) is 57.2 Å². The minimum atomic E-state index is -1.16. The Labute approximate surface area is 447 Å². The van der Waals surface area contributed by atoms with Gasteiger partial charge in [0.2, 0.25) is 5.91 Å². The van der Waals surface area contributed by atoms with Crippen molar-refractivity contribution in [2.24, 2.45) is 17.3 Å². The molecule has 2 amide bonds. The molecule has 6 aliphatic rings. The number of carbonyl (C=O) groups is 3. The molecule has 5 aromatic rings. The lowest BCUT2D eigenvalue weighted by molar-refractivity contribution is -0.156. The van der Waals surface area contributed by atoms with E-state index in [4.69, 9.17) is 33.7 Å². The molecule has 4 aliphatic heterocycles. The van der Waals surface area contributed by atoms with Gasteiger partial charge in [0.1, 0.15) is 23.2 Å². The molecule has 2 N–H and O–H groups in total. The summed E-state index contributed by atoms with van der Waals surface area (Å²) in [5.74, 6) is -1.62. The molecule has 75 heavy (non-hydrogen) atoms. The van der Waals surface area contributed by atoms with Gasteiger partial charge in [0.15, 0.2) is 0 Å². The fourth-order valence-corrected chi connectivity index (χ4v) is 13.3. The number of pyridine rings is 1. The SMILES string of the molecule is CCO[C@@H]1c2nc(cs2)-c2ccc3c(c2)c(c(-c2cc(N4CCN(C5CC5)CC4)cnc2[C@H](C)OC)n3CCOC2CCOCC2)CC(C)(C)COC(=O)[C@@H]2CCCN(N2)C(=O)[C@H]1NC(=O)[C@@H]1[C@@H](C)[C@H]1c1cnsn1. The van der Waals surface area contributed by atoms with Crippen molar-refractivity contribution in [3.05, 3.63) is 64.0 Å². The van der Waals surface area contributed by atoms with Crippen molar-refractivity contribution >= 4 is 57.4 Å². The first-order chi connectivity index (χ1) is 36.4. The van der Waals surface area contributed by atoms with E-state index >= 15 is 0 Å². The zero-order chi connectivity index (χ0) is 52.0. The first kappa shape index (κ1) is 52.1. The fraction of sp³-hybridized carbons (Fsp3) is 0.618. The van der Waals surface area contributed by atoms with Crippen LogP contribution in [0.15, 0.2) is 42.0 Å². The van der Waals surface area contributed by atoms with Crippen LogP contribution in [0.4, 0.5) is 5.69 Å². The van der Waals surface area contributed by atoms with Gasteiger partial charge in [-0.25, -0.2) is 10.4 Å². The van der Waals surface area contributed by atoms with E-state index in [0.717, 1.165) is 113 Å². The number of piperazine rings is 1. The largest absolute Gasteiger partial charge is 0.464 e. The van der Waals surface area contributed by atoms with Gasteiger partial charge in [0.25, 0.3) is 5.91 Å². The lowest BCUT2D eigenvalue weighted by Gasteiger charge is -2.37. The van der Waals surface area contributed by atoms with Gasteiger partial charge < -0.3 is 38.5 Å². The number of thiazole rings is 1. The molecule has 8 heterocycles. The smallest absolute Gasteiger partial charge is 0.324 e. The third-order valence-corrected chi connectivity index (χ3v) is 17.7. The summed E-state index contributed by atoms with van der Waals surface area (Å²) in [7, 11) is 1.73. The van der Waals surface area contributed by atoms with Crippen molar-refractivity contribution in [2.75, 3.05) is 77.8 Å². The number of hydrazine groups is 1. The number of hydrogen-bond donors (Lipinski definition) is 2. The molecule has 3 saturated heterocycles. The quantitative estimate of drug-likeness (QED) is 0.107. The van der Waals surface area contributed by atoms with Crippen molar-refractivity contribution in [2.45, 2.75) is 128 Å². The Balaban J connectivity index is 1.03. The highest BCUT2D eigenvalue weighted by molar-refractivity contribution is 7.10. The van der Waals surface area contributed by atoms with Crippen molar-refractivity contribution < 1.29 is 38.1 Å². The standard InChI is InChI=1S/C55H72N10O8S2/c1-7-71-50-48(59-51(66)46-32(2)45(46)42-29-57-75-61-42)53(67)65-16-8-9-41(60-65)54(68)73-31-55(4,5)27-40-38-25-34(43-30-74-52(50)58-43)10-13-44(38)64(21-24-72-37-14-22-70-23-15-37)49(40)39-26-36(28-56-47(39)33(3)69-6)63-19-17-62(18-20-63)35-11-12-35/h10,13,25-26,28-30,32-33,35,37,41,45-46,48,50,60H,7-9,11-12,14-24,27,31H2,1-6H3,(H,59,66)/t32-,33-,41-,45-,46+,48-,50-/m0/s1. The van der Waals surface area contributed by atoms with Crippen LogP contribution in [-0.4, -0.2) is 148 Å². The summed E-state index contributed by atoms with van der Waals surface area (Å²) in [4.78, 5) is 59.2. The number of fused-ring (bicyclic) bond motifs is 6. The highest BCUT2D eigenvalue weighted by atomic mass is 32.1. The van der Waals surface area contributed by atoms with Crippen LogP contribution in [0.25, 0.3) is 33.4 Å². The monoisotopic (exact) mass is 1060 g/mol. The third kappa shape index (κ3) is 11.0. The van der Waals surface area contributed by atoms with Crippen LogP contribution in [0.5, 0.6) is 0 Å². The van der Waals surface area contributed by atoms with E-state index in [9.17, 15) is 14.4 Å². The number of hydrogen-bond acceptors (Lipinski definition) is 17. The van der Waals surface area contributed by atoms with Gasteiger partial charge in [-0.3, -0.25) is 29.3 Å². The van der Waals surface area contributed by atoms with E-state index in [1.54, 1.807) is 13.3 Å². The molecule has 4 aromatic heterocycles. The van der Waals surface area contributed by atoms with Gasteiger partial charge in [-0.2, -0.15) is 8.75 Å². The second kappa shape index (κ2) is 22.2. The molecule has 0 unspecified atom stereocenters. The maximum atomic E-state index is 15.0. The Morgan fingerprint density at radius 1 is 1.03 bits per heavy atom. The number of ether oxygens (including phenoxy) is 5. The van der Waals surface area contributed by atoms with Crippen LogP contribution < -0.4 is 15.6 Å². The molecule has 402 valence electrons. The highest BCUT2D eigenvalue weighted by Crippen LogP contribution is 2.53. The van der Waals surface area contributed by atoms with Gasteiger partial charge in [-0.05, 0) is 88.5 Å². The zero-order valence-corrected chi connectivity index (χ0v) is 45.8. The molecule has 11 rings (SSSR count). The van der Waals surface area contributed by atoms with Crippen LogP contribution in [0, 0.1) is 17.3 Å². The van der Waals surface area contributed by atoms with Gasteiger partial charge in [0, 0.05) is 117 Å². The molecule has 2 aliphatic carbocycles. The molecule has 1 aromatic carbocycles. The minimum Gasteiger partial charge on any atom is -0.464 e. The predicted molar refractivity (Wildman–Crippen MR) is 286 cm³/mol. The summed E-state index contributed by atoms with van der Waals surface area (Å²) < 4.78 is 42.2. The van der Waals surface area contributed by atoms with Gasteiger partial charge in [-0.1, -0.05) is 26.8 Å². The number of aromatic nitrogens is 5. The maximum Gasteiger partial charge on any atom is 0.324 e. The van der Waals surface area contributed by atoms with Gasteiger partial charge in [-0.15, -0.1) is 11.3 Å². The van der Waals surface area contributed by atoms with E-state index in [2.05, 4.69) is 78.9 Å². The summed E-state index contributed by atoms with van der Waals surface area (Å²) >= 11 is 2.51. The Kier molecular flexibility index (Phi) is 15.4. The van der Waals surface area contributed by atoms with Crippen molar-refractivity contribution in [3.8, 4) is 22.5 Å². The highest BCUT2D eigenvalue weighted by Gasteiger charge is 2.55. The van der Waals surface area contributed by atoms with Crippen LogP contribution in [0.2, 0.25) is 0 Å². The average Bonchev–Trinajstić information content (AvgIpc) is 4.19. The predicted octanol–water partition coefficient (Wildman–Crippen LogP) is 7.10. The Hall–Kier alpha value is -4.93. The van der Waals surface area contributed by atoms with E-state index < -0.39 is 41.4 Å². The summed E-state index contributed by atoms with van der Waals surface area (Å²) in [6, 6.07) is 7.61. The normalized spacial score (nSPS) is 26.3. The number of methoxy groups -OCH3 is 1. The number of rotatable bonds is 14. The molecular formula is C55H72N10O8S2. The van der Waals surface area contributed by atoms with Crippen molar-refractivity contribution in [1.29, 1.82) is 0 Å². The molecule has 6 bridgehead atoms. The van der Waals surface area contributed by atoms with E-state index in [1.807, 2.05) is 25.4 Å². The number of anilines is 1. The Morgan fingerprint density at radius 3 is 2.59 bits per heavy atom. The summed E-state index contributed by atoms with van der Waals surface area (Å²) in [5, 5.41) is 8.19. The lowest BCUT2D eigenvalue weighted by atomic mass is 9.84. The van der Waals surface area contributed by atoms with E-state index in [-0.39, 0.29) is 43.2 Å². The summed E-state index contributed by atoms with van der Waals surface area (Å²) in [5.41, 5.74) is 11.1. The molecule has 20 heteroatoms. The molecule has 7 atom stereocenters. The van der Waals surface area contributed by atoms with E-state index in [1.165, 1.54) is 29.2 Å². The Morgan fingerprint density at radius 2 is 1.84 bits per heavy atom. The van der Waals surface area contributed by atoms with Crippen LogP contribution in [-0.2, 0) is 51.0 Å². The lowest BCUT2D eigenvalue weighted by Crippen LogP contribution is -2.61. The summed E-state index contributed by atoms with van der Waals surface area (Å²) in [6.45, 7) is 17.3. The maximum absolute atomic E-state index is 15.0. The van der Waals surface area contributed by atoms with Gasteiger partial charge in [0.05, 0.1) is 78.0 Å². The van der Waals surface area contributed by atoms with Crippen molar-refractivity contribution in [3.63, 3.8) is 0 Å². The number of carbonyl (C=O) groups excluding carboxylic acids is 3. The molecule has 0 radical (unpaired) electrons. The van der Waals surface area contributed by atoms with Gasteiger partial charge >= 0.3 is 5.97 Å². The molecular weight excluding hydrogens is 993 g/mol. The van der Waals surface area contributed by atoms with Crippen LogP contribution >= 0.6 is 23.1 Å². The van der Waals surface area contributed by atoms with Crippen LogP contribution in [0.1, 0.15) is 113 Å². The van der Waals surface area contributed by atoms with Crippen molar-refractivity contribution in [1.82, 2.24) is 43.9 Å². The fourth-order valence-electron chi connectivity index (χ4n) is 11.9. The number of amides is 2. The number of nitrogens with one attached hydrogen (secondary N) is 2. The second-order valence-electron chi connectivity index (χ2n) is 22.1. The molecule has 18 nitrogen and oxygen atoms in total. The Bertz CT molecular complexity index is 2840. The topological polar surface area (TPSA) is 188 Å². The number of benzene rings is 1. The first-order valence-electron chi connectivity index (χ1n) is 27.2. The molecule has 5 fully saturated rings. The second-order valence-corrected chi connectivity index (χ2v) is 23.5. The third-order valence-electron chi connectivity index (χ3n) is 16.3. The summed E-state index contributed by atoms with van der Waals surface area (Å²) in [6.07, 6.45) is 8.46. The number of nitrogens with zero attached hydrogens (tertiary/aromatic N) is 8. The molecule has 2 saturated carbocycles. The average molecular weight is 1070 g/mol. The van der Waals surface area contributed by atoms with Crippen LogP contribution in [0.3, 0.4) is 0 Å². The number of cyclic esters (lactones) is 1. The molecule has 0 spiro atoms.